The number of aromatic nitrogens is 2. The summed E-state index contributed by atoms with van der Waals surface area (Å²) < 4.78 is 2.08. The third-order valence-corrected chi connectivity index (χ3v) is 4.65. The van der Waals surface area contributed by atoms with Crippen LogP contribution in [0.15, 0.2) is 73.1 Å². The fourth-order valence-electron chi connectivity index (χ4n) is 3.48. The van der Waals surface area contributed by atoms with Crippen molar-refractivity contribution in [2.75, 3.05) is 0 Å². The Morgan fingerprint density at radius 2 is 1.68 bits per heavy atom. The van der Waals surface area contributed by atoms with Crippen molar-refractivity contribution in [1.82, 2.24) is 9.55 Å². The number of hydrogen-bond acceptors (Lipinski definition) is 2. The van der Waals surface area contributed by atoms with Crippen LogP contribution in [-0.4, -0.2) is 9.55 Å². The molecular weight excluding hydrogens is 523 g/mol. The van der Waals surface area contributed by atoms with Crippen LogP contribution in [-0.2, 0) is 20.1 Å². The van der Waals surface area contributed by atoms with E-state index in [1.165, 1.54) is 22.3 Å². The SMILES string of the molecule is Cc1cc(-c2ccccc2)cc(C)c1-n1ccnc1-c1[c-]ccc(C#N)c1.[Ir]. The molecule has 0 N–H and O–H groups in total. The van der Waals surface area contributed by atoms with E-state index in [2.05, 4.69) is 71.9 Å². The molecule has 4 heteroatoms. The summed E-state index contributed by atoms with van der Waals surface area (Å²) in [7, 11) is 0. The summed E-state index contributed by atoms with van der Waals surface area (Å²) in [5, 5.41) is 9.18. The van der Waals surface area contributed by atoms with Crippen LogP contribution in [0.1, 0.15) is 16.7 Å². The molecule has 3 nitrogen and oxygen atoms in total. The minimum Gasteiger partial charge on any atom is -0.340 e. The van der Waals surface area contributed by atoms with Crippen molar-refractivity contribution in [2.45, 2.75) is 13.8 Å². The molecule has 0 spiro atoms. The molecule has 28 heavy (non-hydrogen) atoms. The van der Waals surface area contributed by atoms with Crippen molar-refractivity contribution in [3.05, 3.63) is 95.8 Å². The third-order valence-electron chi connectivity index (χ3n) is 4.65. The van der Waals surface area contributed by atoms with Crippen LogP contribution in [0.2, 0.25) is 0 Å². The van der Waals surface area contributed by atoms with Gasteiger partial charge in [-0.1, -0.05) is 30.3 Å². The van der Waals surface area contributed by atoms with E-state index in [1.54, 1.807) is 18.3 Å². The molecule has 0 saturated heterocycles. The van der Waals surface area contributed by atoms with Crippen LogP contribution in [0.3, 0.4) is 0 Å². The molecule has 139 valence electrons. The molecule has 0 amide bonds. The Morgan fingerprint density at radius 1 is 0.964 bits per heavy atom. The van der Waals surface area contributed by atoms with Gasteiger partial charge in [-0.2, -0.15) is 5.26 Å². The van der Waals surface area contributed by atoms with Crippen molar-refractivity contribution in [3.8, 4) is 34.3 Å². The molecule has 4 rings (SSSR count). The molecule has 3 aromatic carbocycles. The molecule has 0 aliphatic heterocycles. The Balaban J connectivity index is 0.00000225. The van der Waals surface area contributed by atoms with Gasteiger partial charge in [-0.15, -0.1) is 29.8 Å². The summed E-state index contributed by atoms with van der Waals surface area (Å²) in [6, 6.07) is 25.5. The first kappa shape index (κ1) is 19.8. The Hall–Kier alpha value is -2.99. The van der Waals surface area contributed by atoms with Gasteiger partial charge in [0.15, 0.2) is 0 Å². The Kier molecular flexibility index (Phi) is 5.90. The van der Waals surface area contributed by atoms with E-state index in [-0.39, 0.29) is 20.1 Å². The van der Waals surface area contributed by atoms with E-state index in [0.29, 0.717) is 5.56 Å². The summed E-state index contributed by atoms with van der Waals surface area (Å²) in [4.78, 5) is 4.52. The van der Waals surface area contributed by atoms with E-state index in [0.717, 1.165) is 17.1 Å². The molecular formula is C24H18IrN3-. The predicted molar refractivity (Wildman–Crippen MR) is 107 cm³/mol. The molecule has 0 unspecified atom stereocenters. The van der Waals surface area contributed by atoms with Crippen LogP contribution < -0.4 is 0 Å². The molecule has 4 aromatic rings. The molecule has 0 aliphatic carbocycles. The van der Waals surface area contributed by atoms with Crippen LogP contribution in [0, 0.1) is 31.2 Å². The Labute approximate surface area is 178 Å². The number of aryl methyl sites for hydroxylation is 2. The van der Waals surface area contributed by atoms with Crippen LogP contribution in [0.5, 0.6) is 0 Å². The molecule has 0 fully saturated rings. The summed E-state index contributed by atoms with van der Waals surface area (Å²) >= 11 is 0. The second-order valence-corrected chi connectivity index (χ2v) is 6.55. The minimum atomic E-state index is 0. The van der Waals surface area contributed by atoms with Crippen molar-refractivity contribution in [2.24, 2.45) is 0 Å². The smallest absolute Gasteiger partial charge is 0.0789 e. The standard InChI is InChI=1S/C24H18N3.Ir/c1-17-13-22(20-8-4-3-5-9-20)14-18(2)23(17)27-12-11-26-24(27)21-10-6-7-19(15-21)16-25;/h3-9,11-15H,1-2H3;/q-1;. The van der Waals surface area contributed by atoms with Gasteiger partial charge in [0, 0.05) is 38.2 Å². The van der Waals surface area contributed by atoms with Crippen LogP contribution in [0.25, 0.3) is 28.2 Å². The zero-order valence-corrected chi connectivity index (χ0v) is 18.0. The number of imidazole rings is 1. The molecule has 1 heterocycles. The van der Waals surface area contributed by atoms with Crippen LogP contribution in [0.4, 0.5) is 0 Å². The number of nitrogens with zero attached hydrogens (tertiary/aromatic N) is 3. The first-order chi connectivity index (χ1) is 13.2. The maximum Gasteiger partial charge on any atom is 0.0789 e. The van der Waals surface area contributed by atoms with Gasteiger partial charge in [-0.3, -0.25) is 4.98 Å². The molecule has 0 bridgehead atoms. The maximum absolute atomic E-state index is 9.18. The van der Waals surface area contributed by atoms with E-state index < -0.39 is 0 Å². The topological polar surface area (TPSA) is 41.6 Å². The summed E-state index contributed by atoms with van der Waals surface area (Å²) in [6.07, 6.45) is 3.74. The second-order valence-electron chi connectivity index (χ2n) is 6.55. The number of rotatable bonds is 3. The van der Waals surface area contributed by atoms with Gasteiger partial charge in [0.1, 0.15) is 0 Å². The number of benzene rings is 3. The first-order valence-corrected chi connectivity index (χ1v) is 8.80. The van der Waals surface area contributed by atoms with Crippen molar-refractivity contribution in [3.63, 3.8) is 0 Å². The quantitative estimate of drug-likeness (QED) is 0.323. The van der Waals surface area contributed by atoms with Gasteiger partial charge >= 0.3 is 0 Å². The fourth-order valence-corrected chi connectivity index (χ4v) is 3.48. The average molecular weight is 541 g/mol. The maximum atomic E-state index is 9.18. The molecule has 0 saturated carbocycles. The van der Waals surface area contributed by atoms with E-state index in [1.807, 2.05) is 18.3 Å². The monoisotopic (exact) mass is 541 g/mol. The van der Waals surface area contributed by atoms with E-state index >= 15 is 0 Å². The zero-order valence-electron chi connectivity index (χ0n) is 15.6. The molecule has 1 aromatic heterocycles. The molecule has 0 atom stereocenters. The zero-order chi connectivity index (χ0) is 18.8. The van der Waals surface area contributed by atoms with Gasteiger partial charge in [0.05, 0.1) is 11.9 Å². The molecule has 1 radical (unpaired) electrons. The van der Waals surface area contributed by atoms with Crippen molar-refractivity contribution < 1.29 is 20.1 Å². The minimum absolute atomic E-state index is 0. The average Bonchev–Trinajstić information content (AvgIpc) is 3.17. The normalized spacial score (nSPS) is 10.2. The Bertz CT molecular complexity index is 1130. The summed E-state index contributed by atoms with van der Waals surface area (Å²) in [5.41, 5.74) is 7.27. The van der Waals surface area contributed by atoms with Crippen LogP contribution >= 0.6 is 0 Å². The van der Waals surface area contributed by atoms with Crippen molar-refractivity contribution in [1.29, 1.82) is 5.26 Å². The largest absolute Gasteiger partial charge is 0.340 e. The first-order valence-electron chi connectivity index (χ1n) is 8.80. The second kappa shape index (κ2) is 8.35. The van der Waals surface area contributed by atoms with Gasteiger partial charge in [-0.05, 0) is 53.8 Å². The van der Waals surface area contributed by atoms with Gasteiger partial charge in [0.2, 0.25) is 0 Å². The fraction of sp³-hybridized carbons (Fsp3) is 0.0833. The van der Waals surface area contributed by atoms with Gasteiger partial charge in [0.25, 0.3) is 0 Å². The molecule has 0 aliphatic rings. The van der Waals surface area contributed by atoms with Crippen molar-refractivity contribution >= 4 is 0 Å². The summed E-state index contributed by atoms with van der Waals surface area (Å²) in [5.74, 6) is 0.783. The Morgan fingerprint density at radius 3 is 2.36 bits per heavy atom. The predicted octanol–water partition coefficient (Wildman–Crippen LogP) is 5.49. The van der Waals surface area contributed by atoms with E-state index in [4.69, 9.17) is 0 Å². The van der Waals surface area contributed by atoms with E-state index in [9.17, 15) is 5.26 Å². The van der Waals surface area contributed by atoms with Gasteiger partial charge < -0.3 is 4.57 Å². The number of nitriles is 1. The van der Waals surface area contributed by atoms with Gasteiger partial charge in [-0.25, -0.2) is 0 Å². The summed E-state index contributed by atoms with van der Waals surface area (Å²) in [6.45, 7) is 4.24. The number of hydrogen-bond donors (Lipinski definition) is 0. The third kappa shape index (κ3) is 3.68.